The highest BCUT2D eigenvalue weighted by atomic mass is 79.9. The van der Waals surface area contributed by atoms with Crippen LogP contribution in [0.25, 0.3) is 6.08 Å². The average molecular weight is 332 g/mol. The highest BCUT2D eigenvalue weighted by Crippen LogP contribution is 2.15. The van der Waals surface area contributed by atoms with Crippen LogP contribution < -0.4 is 0 Å². The topological polar surface area (TPSA) is 63.2 Å². The van der Waals surface area contributed by atoms with E-state index in [0.29, 0.717) is 21.6 Å². The maximum Gasteiger partial charge on any atom is 0.331 e. The first-order valence-corrected chi connectivity index (χ1v) is 6.56. The van der Waals surface area contributed by atoms with Crippen LogP contribution in [0.3, 0.4) is 0 Å². The lowest BCUT2D eigenvalue weighted by Crippen LogP contribution is -2.02. The molecule has 2 rings (SSSR count). The normalized spacial score (nSPS) is 10.4. The molecule has 100 valence electrons. The second-order valence-electron chi connectivity index (χ2n) is 3.85. The fourth-order valence-electron chi connectivity index (χ4n) is 1.52. The molecular weight excluding hydrogens is 322 g/mol. The van der Waals surface area contributed by atoms with Gasteiger partial charge >= 0.3 is 5.97 Å². The first-order chi connectivity index (χ1) is 9.69. The van der Waals surface area contributed by atoms with E-state index < -0.39 is 5.97 Å². The summed E-state index contributed by atoms with van der Waals surface area (Å²) in [7, 11) is 0. The van der Waals surface area contributed by atoms with Crippen LogP contribution >= 0.6 is 15.9 Å². The van der Waals surface area contributed by atoms with E-state index in [2.05, 4.69) is 22.0 Å². The molecule has 0 aliphatic carbocycles. The van der Waals surface area contributed by atoms with E-state index in [1.54, 1.807) is 36.4 Å². The Morgan fingerprint density at radius 3 is 2.85 bits per heavy atom. The van der Waals surface area contributed by atoms with Gasteiger partial charge in [-0.25, -0.2) is 4.79 Å². The van der Waals surface area contributed by atoms with Crippen LogP contribution in [0.5, 0.6) is 0 Å². The molecule has 0 aliphatic heterocycles. The lowest BCUT2D eigenvalue weighted by Gasteiger charge is -2.03. The number of nitriles is 1. The van der Waals surface area contributed by atoms with Gasteiger partial charge in [-0.05, 0) is 40.2 Å². The Hall–Kier alpha value is -2.32. The molecule has 1 heterocycles. The van der Waals surface area contributed by atoms with Crippen LogP contribution in [0.15, 0.2) is 51.6 Å². The smallest absolute Gasteiger partial charge is 0.331 e. The molecule has 0 bridgehead atoms. The standard InChI is InChI=1S/C15H10BrNO3/c16-14-7-5-13(20-14)6-8-15(18)19-10-12-4-2-1-3-11(12)9-17/h1-8H,10H2. The van der Waals surface area contributed by atoms with Crippen LogP contribution in [0.1, 0.15) is 16.9 Å². The van der Waals surface area contributed by atoms with Crippen molar-refractivity contribution in [1.82, 2.24) is 0 Å². The predicted octanol–water partition coefficient (Wildman–Crippen LogP) is 3.67. The Morgan fingerprint density at radius 1 is 1.35 bits per heavy atom. The quantitative estimate of drug-likeness (QED) is 0.633. The minimum Gasteiger partial charge on any atom is -0.458 e. The van der Waals surface area contributed by atoms with E-state index in [1.165, 1.54) is 12.2 Å². The maximum absolute atomic E-state index is 11.6. The Kier molecular flexibility index (Phi) is 4.75. The van der Waals surface area contributed by atoms with Crippen molar-refractivity contribution in [1.29, 1.82) is 5.26 Å². The second-order valence-corrected chi connectivity index (χ2v) is 4.63. The Bertz CT molecular complexity index is 682. The van der Waals surface area contributed by atoms with Crippen LogP contribution in [-0.4, -0.2) is 5.97 Å². The number of hydrogen-bond acceptors (Lipinski definition) is 4. The van der Waals surface area contributed by atoms with Gasteiger partial charge in [0.15, 0.2) is 4.67 Å². The van der Waals surface area contributed by atoms with Crippen molar-refractivity contribution in [3.63, 3.8) is 0 Å². The van der Waals surface area contributed by atoms with Gasteiger partial charge in [0.1, 0.15) is 12.4 Å². The van der Waals surface area contributed by atoms with Crippen molar-refractivity contribution in [3.8, 4) is 6.07 Å². The van der Waals surface area contributed by atoms with Crippen molar-refractivity contribution in [2.24, 2.45) is 0 Å². The van der Waals surface area contributed by atoms with Gasteiger partial charge in [0.05, 0.1) is 11.6 Å². The van der Waals surface area contributed by atoms with Crippen LogP contribution in [0.4, 0.5) is 0 Å². The van der Waals surface area contributed by atoms with Crippen molar-refractivity contribution in [2.75, 3.05) is 0 Å². The summed E-state index contributed by atoms with van der Waals surface area (Å²) in [6.45, 7) is 0.0642. The van der Waals surface area contributed by atoms with Crippen molar-refractivity contribution < 1.29 is 13.9 Å². The molecule has 1 aromatic carbocycles. The van der Waals surface area contributed by atoms with Crippen molar-refractivity contribution >= 4 is 28.0 Å². The van der Waals surface area contributed by atoms with Gasteiger partial charge in [-0.1, -0.05) is 18.2 Å². The van der Waals surface area contributed by atoms with E-state index in [9.17, 15) is 4.79 Å². The van der Waals surface area contributed by atoms with E-state index in [1.807, 2.05) is 0 Å². The predicted molar refractivity (Wildman–Crippen MR) is 76.4 cm³/mol. The minimum atomic E-state index is -0.495. The zero-order chi connectivity index (χ0) is 14.4. The lowest BCUT2D eigenvalue weighted by molar-refractivity contribution is -0.138. The molecule has 4 nitrogen and oxygen atoms in total. The third-order valence-corrected chi connectivity index (χ3v) is 2.91. The molecule has 0 amide bonds. The van der Waals surface area contributed by atoms with Gasteiger partial charge in [-0.15, -0.1) is 0 Å². The van der Waals surface area contributed by atoms with Crippen molar-refractivity contribution in [3.05, 3.63) is 64.0 Å². The van der Waals surface area contributed by atoms with E-state index in [4.69, 9.17) is 14.4 Å². The molecule has 0 saturated heterocycles. The highest BCUT2D eigenvalue weighted by molar-refractivity contribution is 9.10. The summed E-state index contributed by atoms with van der Waals surface area (Å²) in [4.78, 5) is 11.6. The summed E-state index contributed by atoms with van der Waals surface area (Å²) in [6.07, 6.45) is 2.80. The molecule has 0 saturated carbocycles. The molecule has 0 N–H and O–H groups in total. The molecule has 0 atom stereocenters. The molecule has 0 radical (unpaired) electrons. The van der Waals surface area contributed by atoms with Crippen molar-refractivity contribution in [2.45, 2.75) is 6.61 Å². The third kappa shape index (κ3) is 3.84. The summed E-state index contributed by atoms with van der Waals surface area (Å²) < 4.78 is 10.9. The summed E-state index contributed by atoms with van der Waals surface area (Å²) in [5.41, 5.74) is 1.18. The Morgan fingerprint density at radius 2 is 2.15 bits per heavy atom. The van der Waals surface area contributed by atoms with Gasteiger partial charge in [-0.3, -0.25) is 0 Å². The lowest BCUT2D eigenvalue weighted by atomic mass is 10.1. The number of carbonyl (C=O) groups excluding carboxylic acids is 1. The fourth-order valence-corrected chi connectivity index (χ4v) is 1.84. The number of halogens is 1. The average Bonchev–Trinajstić information content (AvgIpc) is 2.89. The minimum absolute atomic E-state index is 0.0642. The van der Waals surface area contributed by atoms with E-state index >= 15 is 0 Å². The fraction of sp³-hybridized carbons (Fsp3) is 0.0667. The molecule has 0 unspecified atom stereocenters. The number of carbonyl (C=O) groups is 1. The zero-order valence-corrected chi connectivity index (χ0v) is 12.0. The highest BCUT2D eigenvalue weighted by Gasteiger charge is 2.04. The van der Waals surface area contributed by atoms with Crippen LogP contribution in [0.2, 0.25) is 0 Å². The van der Waals surface area contributed by atoms with Gasteiger partial charge in [-0.2, -0.15) is 5.26 Å². The number of esters is 1. The number of ether oxygens (including phenoxy) is 1. The molecule has 1 aromatic heterocycles. The summed E-state index contributed by atoms with van der Waals surface area (Å²) in [5, 5.41) is 8.92. The molecule has 0 aliphatic rings. The Labute approximate surface area is 124 Å². The molecule has 5 heteroatoms. The number of nitrogens with zero attached hydrogens (tertiary/aromatic N) is 1. The maximum atomic E-state index is 11.6. The SMILES string of the molecule is N#Cc1ccccc1COC(=O)C=Cc1ccc(Br)o1. The largest absolute Gasteiger partial charge is 0.458 e. The van der Waals surface area contributed by atoms with Gasteiger partial charge in [0.25, 0.3) is 0 Å². The van der Waals surface area contributed by atoms with E-state index in [0.717, 1.165) is 0 Å². The molecule has 20 heavy (non-hydrogen) atoms. The number of rotatable bonds is 4. The zero-order valence-electron chi connectivity index (χ0n) is 10.4. The van der Waals surface area contributed by atoms with Crippen LogP contribution in [0, 0.1) is 11.3 Å². The summed E-state index contributed by atoms with van der Waals surface area (Å²) >= 11 is 3.17. The number of furan rings is 1. The van der Waals surface area contributed by atoms with Gasteiger partial charge in [0, 0.05) is 11.6 Å². The van der Waals surface area contributed by atoms with Crippen LogP contribution in [-0.2, 0) is 16.1 Å². The number of benzene rings is 1. The molecule has 0 fully saturated rings. The molecular formula is C15H10BrNO3. The molecule has 2 aromatic rings. The first-order valence-electron chi connectivity index (χ1n) is 5.77. The molecule has 0 spiro atoms. The monoisotopic (exact) mass is 331 g/mol. The van der Waals surface area contributed by atoms with Gasteiger partial charge in [0.2, 0.25) is 0 Å². The first kappa shape index (κ1) is 14.1. The van der Waals surface area contributed by atoms with E-state index in [-0.39, 0.29) is 6.61 Å². The third-order valence-electron chi connectivity index (χ3n) is 2.49. The Balaban J connectivity index is 1.92. The summed E-state index contributed by atoms with van der Waals surface area (Å²) in [6, 6.07) is 12.5. The number of hydrogen-bond donors (Lipinski definition) is 0. The van der Waals surface area contributed by atoms with Gasteiger partial charge < -0.3 is 9.15 Å². The summed E-state index contributed by atoms with van der Waals surface area (Å²) in [5.74, 6) is 0.0523. The second kappa shape index (κ2) is 6.73.